The van der Waals surface area contributed by atoms with E-state index in [-0.39, 0.29) is 0 Å². The normalized spacial score (nSPS) is 23.8. The predicted octanol–water partition coefficient (Wildman–Crippen LogP) is 4.50. The zero-order valence-corrected chi connectivity index (χ0v) is 15.0. The van der Waals surface area contributed by atoms with E-state index in [4.69, 9.17) is 0 Å². The van der Waals surface area contributed by atoms with E-state index in [0.29, 0.717) is 6.04 Å². The molecular weight excluding hydrogens is 306 g/mol. The summed E-state index contributed by atoms with van der Waals surface area (Å²) in [5.41, 5.74) is 2.88. The van der Waals surface area contributed by atoms with Crippen LogP contribution in [0.4, 0.5) is 5.82 Å². The average molecular weight is 335 g/mol. The maximum absolute atomic E-state index is 4.56. The Labute approximate surface area is 151 Å². The Kier molecular flexibility index (Phi) is 5.31. The number of benzene rings is 1. The molecule has 0 radical (unpaired) electrons. The molecule has 4 rings (SSSR count). The van der Waals surface area contributed by atoms with E-state index in [1.54, 1.807) is 0 Å². The highest BCUT2D eigenvalue weighted by atomic mass is 15.2. The summed E-state index contributed by atoms with van der Waals surface area (Å²) in [5.74, 6) is 1.91. The van der Waals surface area contributed by atoms with Gasteiger partial charge in [-0.2, -0.15) is 0 Å². The van der Waals surface area contributed by atoms with E-state index in [0.717, 1.165) is 31.4 Å². The zero-order chi connectivity index (χ0) is 16.9. The summed E-state index contributed by atoms with van der Waals surface area (Å²) in [6.07, 6.45) is 9.74. The molecule has 1 saturated heterocycles. The van der Waals surface area contributed by atoms with Gasteiger partial charge in [0.1, 0.15) is 5.82 Å². The van der Waals surface area contributed by atoms with Gasteiger partial charge in [0.15, 0.2) is 0 Å². The molecule has 2 aliphatic rings. The van der Waals surface area contributed by atoms with E-state index in [1.807, 2.05) is 6.20 Å². The van der Waals surface area contributed by atoms with Gasteiger partial charge in [-0.3, -0.25) is 0 Å². The second-order valence-electron chi connectivity index (χ2n) is 7.56. The van der Waals surface area contributed by atoms with Gasteiger partial charge in [0.25, 0.3) is 0 Å². The maximum Gasteiger partial charge on any atom is 0.128 e. The molecule has 0 atom stereocenters. The van der Waals surface area contributed by atoms with Gasteiger partial charge < -0.3 is 10.2 Å². The SMILES string of the molecule is c1ccc(C2CCC(NCc3ccnc(N4CCCC4)c3)CC2)cc1. The van der Waals surface area contributed by atoms with Crippen LogP contribution in [-0.4, -0.2) is 24.1 Å². The van der Waals surface area contributed by atoms with Crippen molar-refractivity contribution in [3.8, 4) is 0 Å². The van der Waals surface area contributed by atoms with E-state index in [9.17, 15) is 0 Å². The standard InChI is InChI=1S/C22H29N3/c1-2-6-19(7-3-1)20-8-10-21(11-9-20)24-17-18-12-13-23-22(16-18)25-14-4-5-15-25/h1-3,6-7,12-13,16,20-21,24H,4-5,8-11,14-15,17H2. The van der Waals surface area contributed by atoms with Crippen LogP contribution < -0.4 is 10.2 Å². The van der Waals surface area contributed by atoms with Gasteiger partial charge in [-0.15, -0.1) is 0 Å². The molecule has 1 aliphatic carbocycles. The van der Waals surface area contributed by atoms with Gasteiger partial charge in [0.2, 0.25) is 0 Å². The molecule has 1 saturated carbocycles. The van der Waals surface area contributed by atoms with Crippen molar-refractivity contribution in [1.29, 1.82) is 0 Å². The third-order valence-electron chi connectivity index (χ3n) is 5.83. The molecule has 0 spiro atoms. The van der Waals surface area contributed by atoms with Crippen molar-refractivity contribution in [2.75, 3.05) is 18.0 Å². The van der Waals surface area contributed by atoms with E-state index in [1.165, 1.54) is 49.7 Å². The minimum atomic E-state index is 0.656. The van der Waals surface area contributed by atoms with E-state index in [2.05, 4.69) is 57.7 Å². The van der Waals surface area contributed by atoms with Crippen LogP contribution in [0.25, 0.3) is 0 Å². The Bertz CT molecular complexity index is 656. The van der Waals surface area contributed by atoms with Crippen LogP contribution in [0, 0.1) is 0 Å². The predicted molar refractivity (Wildman–Crippen MR) is 104 cm³/mol. The fourth-order valence-corrected chi connectivity index (χ4v) is 4.31. The molecule has 1 aliphatic heterocycles. The molecule has 3 heteroatoms. The summed E-state index contributed by atoms with van der Waals surface area (Å²) in [6.45, 7) is 3.28. The smallest absolute Gasteiger partial charge is 0.128 e. The molecule has 0 bridgehead atoms. The summed E-state index contributed by atoms with van der Waals surface area (Å²) < 4.78 is 0. The Morgan fingerprint density at radius 3 is 2.48 bits per heavy atom. The van der Waals surface area contributed by atoms with Crippen LogP contribution in [0.15, 0.2) is 48.7 Å². The zero-order valence-electron chi connectivity index (χ0n) is 15.0. The largest absolute Gasteiger partial charge is 0.357 e. The lowest BCUT2D eigenvalue weighted by Gasteiger charge is -2.29. The summed E-state index contributed by atoms with van der Waals surface area (Å²) in [4.78, 5) is 6.97. The van der Waals surface area contributed by atoms with E-state index < -0.39 is 0 Å². The third-order valence-corrected chi connectivity index (χ3v) is 5.83. The molecule has 2 fully saturated rings. The Balaban J connectivity index is 1.27. The van der Waals surface area contributed by atoms with Crippen molar-refractivity contribution in [2.24, 2.45) is 0 Å². The summed E-state index contributed by atoms with van der Waals surface area (Å²) in [6, 6.07) is 16.1. The van der Waals surface area contributed by atoms with Crippen LogP contribution in [0.5, 0.6) is 0 Å². The minimum Gasteiger partial charge on any atom is -0.357 e. The highest BCUT2D eigenvalue weighted by molar-refractivity contribution is 5.41. The van der Waals surface area contributed by atoms with Crippen LogP contribution >= 0.6 is 0 Å². The Morgan fingerprint density at radius 2 is 1.72 bits per heavy atom. The molecule has 1 aromatic heterocycles. The first kappa shape index (κ1) is 16.6. The number of anilines is 1. The summed E-state index contributed by atoms with van der Waals surface area (Å²) in [7, 11) is 0. The maximum atomic E-state index is 4.56. The lowest BCUT2D eigenvalue weighted by Crippen LogP contribution is -2.32. The van der Waals surface area contributed by atoms with Crippen LogP contribution in [0.3, 0.4) is 0 Å². The fraction of sp³-hybridized carbons (Fsp3) is 0.500. The highest BCUT2D eigenvalue weighted by Gasteiger charge is 2.22. The molecular formula is C22H29N3. The number of nitrogens with zero attached hydrogens (tertiary/aromatic N) is 2. The monoisotopic (exact) mass is 335 g/mol. The lowest BCUT2D eigenvalue weighted by molar-refractivity contribution is 0.341. The molecule has 0 amide bonds. The third kappa shape index (κ3) is 4.21. The molecule has 132 valence electrons. The second-order valence-corrected chi connectivity index (χ2v) is 7.56. The fourth-order valence-electron chi connectivity index (χ4n) is 4.31. The summed E-state index contributed by atoms with van der Waals surface area (Å²) in [5, 5.41) is 3.78. The van der Waals surface area contributed by atoms with Crippen molar-refractivity contribution >= 4 is 5.82 Å². The molecule has 3 nitrogen and oxygen atoms in total. The minimum absolute atomic E-state index is 0.656. The highest BCUT2D eigenvalue weighted by Crippen LogP contribution is 2.32. The Morgan fingerprint density at radius 1 is 0.960 bits per heavy atom. The number of hydrogen-bond donors (Lipinski definition) is 1. The van der Waals surface area contributed by atoms with Crippen molar-refractivity contribution in [3.05, 3.63) is 59.8 Å². The number of hydrogen-bond acceptors (Lipinski definition) is 3. The van der Waals surface area contributed by atoms with Gasteiger partial charge in [-0.1, -0.05) is 30.3 Å². The molecule has 25 heavy (non-hydrogen) atoms. The first-order valence-corrected chi connectivity index (χ1v) is 9.87. The second kappa shape index (κ2) is 8.01. The van der Waals surface area contributed by atoms with Gasteiger partial charge in [0, 0.05) is 31.9 Å². The first-order chi connectivity index (χ1) is 12.4. The lowest BCUT2D eigenvalue weighted by atomic mass is 9.82. The molecule has 0 unspecified atom stereocenters. The van der Waals surface area contributed by atoms with Crippen molar-refractivity contribution in [2.45, 2.75) is 57.0 Å². The van der Waals surface area contributed by atoms with Gasteiger partial charge in [0.05, 0.1) is 0 Å². The number of rotatable bonds is 5. The quantitative estimate of drug-likeness (QED) is 0.872. The first-order valence-electron chi connectivity index (χ1n) is 9.87. The molecule has 2 aromatic rings. The van der Waals surface area contributed by atoms with Crippen LogP contribution in [0.1, 0.15) is 55.6 Å². The molecule has 1 N–H and O–H groups in total. The summed E-state index contributed by atoms with van der Waals surface area (Å²) >= 11 is 0. The van der Waals surface area contributed by atoms with Crippen LogP contribution in [0.2, 0.25) is 0 Å². The number of aromatic nitrogens is 1. The van der Waals surface area contributed by atoms with Crippen molar-refractivity contribution in [3.63, 3.8) is 0 Å². The van der Waals surface area contributed by atoms with E-state index >= 15 is 0 Å². The topological polar surface area (TPSA) is 28.2 Å². The van der Waals surface area contributed by atoms with Crippen molar-refractivity contribution in [1.82, 2.24) is 10.3 Å². The van der Waals surface area contributed by atoms with Gasteiger partial charge in [-0.25, -0.2) is 4.98 Å². The van der Waals surface area contributed by atoms with Gasteiger partial charge in [-0.05, 0) is 67.7 Å². The Hall–Kier alpha value is -1.87. The molecule has 2 heterocycles. The van der Waals surface area contributed by atoms with Crippen LogP contribution in [-0.2, 0) is 6.54 Å². The number of pyridine rings is 1. The van der Waals surface area contributed by atoms with Crippen molar-refractivity contribution < 1.29 is 0 Å². The molecule has 1 aromatic carbocycles. The van der Waals surface area contributed by atoms with Gasteiger partial charge >= 0.3 is 0 Å². The average Bonchev–Trinajstić information content (AvgIpc) is 3.23. The number of nitrogens with one attached hydrogen (secondary N) is 1.